The molecule has 1 unspecified atom stereocenters. The predicted octanol–water partition coefficient (Wildman–Crippen LogP) is 4.89. The van der Waals surface area contributed by atoms with Gasteiger partial charge >= 0.3 is 6.18 Å². The number of halogens is 3. The number of nitrogens with zero attached hydrogens (tertiary/aromatic N) is 4. The number of rotatable bonds is 6. The Hall–Kier alpha value is -3.05. The van der Waals surface area contributed by atoms with Gasteiger partial charge in [-0.05, 0) is 63.9 Å². The molecule has 0 spiro atoms. The van der Waals surface area contributed by atoms with Crippen LogP contribution >= 0.6 is 11.3 Å². The standard InChI is InChI=1S/C25H26F3N5O2S/c1-14-10-29-23(36-14)18-7-17(8-20(9-18)35-21-13-33-5-3-16(21)4-6-33)22(34)32-15(2)19-11-30-24(31-12-19)25(26,27)28/h7-12,15-16,21H,3-6,13H2,1-2H3,(H,32,34)/t15?,21-/m1/s1. The summed E-state index contributed by atoms with van der Waals surface area (Å²) in [7, 11) is 0. The second kappa shape index (κ2) is 9.78. The molecular weight excluding hydrogens is 491 g/mol. The van der Waals surface area contributed by atoms with Crippen LogP contribution in [0, 0.1) is 12.8 Å². The van der Waals surface area contributed by atoms with E-state index in [-0.39, 0.29) is 12.0 Å². The van der Waals surface area contributed by atoms with Crippen LogP contribution in [-0.2, 0) is 6.18 Å². The number of aromatic nitrogens is 3. The fourth-order valence-electron chi connectivity index (χ4n) is 4.70. The van der Waals surface area contributed by atoms with Crippen LogP contribution in [0.3, 0.4) is 0 Å². The van der Waals surface area contributed by atoms with Crippen LogP contribution in [0.25, 0.3) is 10.6 Å². The Morgan fingerprint density at radius 2 is 1.86 bits per heavy atom. The number of amides is 1. The number of fused-ring (bicyclic) bond motifs is 3. The van der Waals surface area contributed by atoms with E-state index in [1.54, 1.807) is 25.3 Å². The molecule has 36 heavy (non-hydrogen) atoms. The third kappa shape index (κ3) is 5.36. The summed E-state index contributed by atoms with van der Waals surface area (Å²) in [5.41, 5.74) is 1.53. The highest BCUT2D eigenvalue weighted by Crippen LogP contribution is 2.34. The minimum Gasteiger partial charge on any atom is -0.489 e. The first-order chi connectivity index (χ1) is 17.2. The quantitative estimate of drug-likeness (QED) is 0.502. The molecule has 0 aliphatic carbocycles. The average molecular weight is 518 g/mol. The summed E-state index contributed by atoms with van der Waals surface area (Å²) in [5, 5.41) is 3.61. The summed E-state index contributed by atoms with van der Waals surface area (Å²) in [6.07, 6.45) is 1.61. The van der Waals surface area contributed by atoms with Gasteiger partial charge in [0.2, 0.25) is 5.82 Å². The first-order valence-corrected chi connectivity index (χ1v) is 12.6. The van der Waals surface area contributed by atoms with E-state index in [9.17, 15) is 18.0 Å². The Morgan fingerprint density at radius 1 is 1.14 bits per heavy atom. The fraction of sp³-hybridized carbons (Fsp3) is 0.440. The summed E-state index contributed by atoms with van der Waals surface area (Å²) in [6.45, 7) is 6.71. The van der Waals surface area contributed by atoms with Gasteiger partial charge in [-0.3, -0.25) is 9.69 Å². The number of nitrogens with one attached hydrogen (secondary N) is 1. The zero-order valence-corrected chi connectivity index (χ0v) is 20.7. The summed E-state index contributed by atoms with van der Waals surface area (Å²) in [5.74, 6) is -0.491. The Labute approximate surface area is 210 Å². The third-order valence-electron chi connectivity index (χ3n) is 6.69. The van der Waals surface area contributed by atoms with Crippen LogP contribution in [0.2, 0.25) is 0 Å². The van der Waals surface area contributed by atoms with Crippen LogP contribution < -0.4 is 10.1 Å². The molecule has 0 saturated carbocycles. The molecular formula is C25H26F3N5O2S. The maximum Gasteiger partial charge on any atom is 0.451 e. The van der Waals surface area contributed by atoms with Crippen molar-refractivity contribution in [2.24, 2.45) is 5.92 Å². The van der Waals surface area contributed by atoms with Crippen LogP contribution in [0.5, 0.6) is 5.75 Å². The number of hydrogen-bond acceptors (Lipinski definition) is 7. The Bertz CT molecular complexity index is 1240. The lowest BCUT2D eigenvalue weighted by Gasteiger charge is -2.44. The highest BCUT2D eigenvalue weighted by molar-refractivity contribution is 7.14. The SMILES string of the molecule is Cc1cnc(-c2cc(O[C@@H]3CN4CCC3CC4)cc(C(=O)NC(C)c3cnc(C(F)(F)F)nc3)c2)s1. The molecule has 0 radical (unpaired) electrons. The van der Waals surface area contributed by atoms with Crippen molar-refractivity contribution in [1.82, 2.24) is 25.2 Å². The van der Waals surface area contributed by atoms with Gasteiger partial charge in [0.15, 0.2) is 0 Å². The molecule has 3 saturated heterocycles. The van der Waals surface area contributed by atoms with Crippen molar-refractivity contribution < 1.29 is 22.7 Å². The molecule has 2 atom stereocenters. The molecule has 6 rings (SSSR count). The van der Waals surface area contributed by atoms with Crippen molar-refractivity contribution >= 4 is 17.2 Å². The van der Waals surface area contributed by atoms with Crippen LogP contribution in [0.15, 0.2) is 36.8 Å². The van der Waals surface area contributed by atoms with Gasteiger partial charge < -0.3 is 10.1 Å². The van der Waals surface area contributed by atoms with Crippen molar-refractivity contribution in [2.45, 2.75) is 45.0 Å². The van der Waals surface area contributed by atoms with E-state index in [2.05, 4.69) is 25.2 Å². The number of piperidine rings is 3. The molecule has 1 aromatic carbocycles. The predicted molar refractivity (Wildman–Crippen MR) is 129 cm³/mol. The Morgan fingerprint density at radius 3 is 2.44 bits per heavy atom. The first-order valence-electron chi connectivity index (χ1n) is 11.8. The lowest BCUT2D eigenvalue weighted by atomic mass is 9.86. The number of alkyl halides is 3. The van der Waals surface area contributed by atoms with Gasteiger partial charge in [0.25, 0.3) is 5.91 Å². The molecule has 7 nitrogen and oxygen atoms in total. The van der Waals surface area contributed by atoms with E-state index >= 15 is 0 Å². The van der Waals surface area contributed by atoms with Gasteiger partial charge in [-0.2, -0.15) is 13.2 Å². The number of aryl methyl sites for hydroxylation is 1. The monoisotopic (exact) mass is 517 g/mol. The van der Waals surface area contributed by atoms with Crippen molar-refractivity contribution in [3.8, 4) is 16.3 Å². The summed E-state index contributed by atoms with van der Waals surface area (Å²) in [6, 6.07) is 4.79. The number of carbonyl (C=O) groups is 1. The van der Waals surface area contributed by atoms with Gasteiger partial charge in [0.1, 0.15) is 16.9 Å². The lowest BCUT2D eigenvalue weighted by Crippen LogP contribution is -2.52. The summed E-state index contributed by atoms with van der Waals surface area (Å²) >= 11 is 1.53. The van der Waals surface area contributed by atoms with Crippen LogP contribution in [-0.4, -0.2) is 51.5 Å². The van der Waals surface area contributed by atoms with Gasteiger partial charge in [-0.25, -0.2) is 15.0 Å². The minimum atomic E-state index is -4.62. The second-order valence-corrected chi connectivity index (χ2v) is 10.6. The summed E-state index contributed by atoms with van der Waals surface area (Å²) in [4.78, 5) is 27.9. The summed E-state index contributed by atoms with van der Waals surface area (Å²) < 4.78 is 44.7. The zero-order valence-electron chi connectivity index (χ0n) is 19.9. The molecule has 3 aromatic rings. The third-order valence-corrected chi connectivity index (χ3v) is 7.66. The maximum absolute atomic E-state index is 13.2. The highest BCUT2D eigenvalue weighted by atomic mass is 32.1. The topological polar surface area (TPSA) is 80.2 Å². The normalized spacial score (nSPS) is 22.3. The Balaban J connectivity index is 1.38. The molecule has 11 heteroatoms. The largest absolute Gasteiger partial charge is 0.489 e. The molecule has 1 N–H and O–H groups in total. The van der Waals surface area contributed by atoms with Gasteiger partial charge in [-0.15, -0.1) is 11.3 Å². The van der Waals surface area contributed by atoms with Gasteiger partial charge in [0.05, 0.1) is 6.04 Å². The van der Waals surface area contributed by atoms with E-state index < -0.39 is 18.0 Å². The maximum atomic E-state index is 13.2. The number of hydrogen-bond donors (Lipinski definition) is 1. The fourth-order valence-corrected chi connectivity index (χ4v) is 5.45. The van der Waals surface area contributed by atoms with Gasteiger partial charge in [-0.1, -0.05) is 0 Å². The molecule has 2 bridgehead atoms. The lowest BCUT2D eigenvalue weighted by molar-refractivity contribution is -0.145. The van der Waals surface area contributed by atoms with E-state index in [1.165, 1.54) is 11.3 Å². The van der Waals surface area contributed by atoms with E-state index in [1.807, 2.05) is 13.0 Å². The average Bonchev–Trinajstić information content (AvgIpc) is 3.30. The number of thiazole rings is 1. The molecule has 5 heterocycles. The minimum absolute atomic E-state index is 0.0694. The number of ether oxygens (including phenoxy) is 1. The van der Waals surface area contributed by atoms with Crippen molar-refractivity contribution in [3.63, 3.8) is 0 Å². The zero-order chi connectivity index (χ0) is 25.4. The highest BCUT2D eigenvalue weighted by Gasteiger charge is 2.36. The van der Waals surface area contributed by atoms with E-state index in [0.717, 1.165) is 60.3 Å². The number of carbonyl (C=O) groups excluding carboxylic acids is 1. The van der Waals surface area contributed by atoms with E-state index in [0.29, 0.717) is 22.8 Å². The van der Waals surface area contributed by atoms with Crippen molar-refractivity contribution in [2.75, 3.05) is 19.6 Å². The van der Waals surface area contributed by atoms with Crippen LogP contribution in [0.4, 0.5) is 13.2 Å². The van der Waals surface area contributed by atoms with Crippen LogP contribution in [0.1, 0.15) is 52.4 Å². The van der Waals surface area contributed by atoms with Crippen molar-refractivity contribution in [3.05, 3.63) is 58.6 Å². The van der Waals surface area contributed by atoms with Gasteiger partial charge in [0, 0.05) is 46.7 Å². The number of benzene rings is 1. The van der Waals surface area contributed by atoms with E-state index in [4.69, 9.17) is 4.74 Å². The molecule has 3 fully saturated rings. The molecule has 3 aliphatic heterocycles. The Kier molecular flexibility index (Phi) is 6.69. The second-order valence-electron chi connectivity index (χ2n) is 9.35. The smallest absolute Gasteiger partial charge is 0.451 e. The molecule has 190 valence electrons. The molecule has 2 aromatic heterocycles. The van der Waals surface area contributed by atoms with Crippen molar-refractivity contribution in [1.29, 1.82) is 0 Å². The first kappa shape index (κ1) is 24.6. The molecule has 1 amide bonds. The molecule has 3 aliphatic rings.